The summed E-state index contributed by atoms with van der Waals surface area (Å²) in [7, 11) is 0. The number of hydrogen-bond donors (Lipinski definition) is 5. The number of nitrogens with zero attached hydrogens (tertiary/aromatic N) is 6. The number of likely N-dealkylation sites (tertiary alicyclic amines) is 2. The highest BCUT2D eigenvalue weighted by atomic mass is 35.5. The second-order valence-corrected chi connectivity index (χ2v) is 17.0. The van der Waals surface area contributed by atoms with Crippen LogP contribution in [0.4, 0.5) is 4.79 Å². The summed E-state index contributed by atoms with van der Waals surface area (Å²) in [5.74, 6) is 1.27. The first-order valence-electron chi connectivity index (χ1n) is 22.3. The number of amides is 2. The van der Waals surface area contributed by atoms with E-state index in [1.165, 1.54) is 25.0 Å². The Balaban J connectivity index is 0.000000880. The summed E-state index contributed by atoms with van der Waals surface area (Å²) >= 11 is 0. The minimum Gasteiger partial charge on any atom is -0.478 e. The van der Waals surface area contributed by atoms with Crippen molar-refractivity contribution in [2.45, 2.75) is 105 Å². The number of nitrogens with one attached hydrogen (secondary N) is 3. The number of hydrogen-bond acceptors (Lipinski definition) is 14. The van der Waals surface area contributed by atoms with Crippen molar-refractivity contribution in [1.82, 2.24) is 35.5 Å². The van der Waals surface area contributed by atoms with Crippen molar-refractivity contribution in [3.05, 3.63) is 84.0 Å². The molecule has 17 nitrogen and oxygen atoms in total. The molecule has 2 aromatic rings. The lowest BCUT2D eigenvalue weighted by atomic mass is 9.91. The molecular formula is C49H75ClN10O7. The summed E-state index contributed by atoms with van der Waals surface area (Å²) < 4.78 is 5.30. The molecule has 0 aromatic carbocycles. The number of carbonyl (C=O) groups is 5. The molecule has 0 aliphatic carbocycles. The third-order valence-electron chi connectivity index (χ3n) is 10.7. The number of rotatable bonds is 15. The van der Waals surface area contributed by atoms with Gasteiger partial charge in [0.25, 0.3) is 0 Å². The average Bonchev–Trinajstić information content (AvgIpc) is 3.31. The molecule has 3 saturated heterocycles. The van der Waals surface area contributed by atoms with Crippen molar-refractivity contribution in [3.8, 4) is 0 Å². The van der Waals surface area contributed by atoms with Crippen molar-refractivity contribution < 1.29 is 33.8 Å². The van der Waals surface area contributed by atoms with E-state index in [1.807, 2.05) is 37.8 Å². The number of allylic oxidation sites excluding steroid dienone is 5. The Labute approximate surface area is 403 Å². The van der Waals surface area contributed by atoms with Crippen molar-refractivity contribution >= 4 is 66.5 Å². The van der Waals surface area contributed by atoms with Gasteiger partial charge in [-0.25, -0.2) is 9.59 Å². The van der Waals surface area contributed by atoms with E-state index in [4.69, 9.17) is 26.4 Å². The predicted molar refractivity (Wildman–Crippen MR) is 267 cm³/mol. The van der Waals surface area contributed by atoms with Crippen LogP contribution in [0.15, 0.2) is 72.9 Å². The quantitative estimate of drug-likeness (QED) is 0.0662. The van der Waals surface area contributed by atoms with Crippen LogP contribution in [0.25, 0.3) is 12.2 Å². The van der Waals surface area contributed by atoms with Crippen LogP contribution in [-0.4, -0.2) is 129 Å². The van der Waals surface area contributed by atoms with Gasteiger partial charge in [0, 0.05) is 64.4 Å². The molecule has 5 heterocycles. The van der Waals surface area contributed by atoms with Crippen LogP contribution >= 0.6 is 12.4 Å². The van der Waals surface area contributed by atoms with Gasteiger partial charge in [0.05, 0.1) is 24.8 Å². The molecule has 0 bridgehead atoms. The fraction of sp³-hybridized carbons (Fsp3) is 0.531. The lowest BCUT2D eigenvalue weighted by molar-refractivity contribution is -0.131. The highest BCUT2D eigenvalue weighted by molar-refractivity contribution is 5.94. The molecule has 0 unspecified atom stereocenters. The number of ketones is 2. The van der Waals surface area contributed by atoms with E-state index >= 15 is 0 Å². The first-order chi connectivity index (χ1) is 31.1. The second kappa shape index (κ2) is 35.4. The lowest BCUT2D eigenvalue weighted by Crippen LogP contribution is -2.42. The molecule has 3 fully saturated rings. The van der Waals surface area contributed by atoms with Gasteiger partial charge in [-0.05, 0) is 175 Å². The van der Waals surface area contributed by atoms with Gasteiger partial charge in [-0.15, -0.1) is 12.4 Å². The third-order valence-corrected chi connectivity index (χ3v) is 10.7. The predicted octanol–water partition coefficient (Wildman–Crippen LogP) is 7.44. The van der Waals surface area contributed by atoms with Crippen LogP contribution in [0.2, 0.25) is 0 Å². The fourth-order valence-corrected chi connectivity index (χ4v) is 6.84. The summed E-state index contributed by atoms with van der Waals surface area (Å²) in [5.41, 5.74) is 7.37. The van der Waals surface area contributed by atoms with Gasteiger partial charge in [-0.3, -0.25) is 14.4 Å². The summed E-state index contributed by atoms with van der Waals surface area (Å²) in [4.78, 5) is 60.1. The zero-order valence-corrected chi connectivity index (χ0v) is 39.8. The Morgan fingerprint density at radius 2 is 1.24 bits per heavy atom. The number of carboxylic acids is 1. The summed E-state index contributed by atoms with van der Waals surface area (Å²) in [5, 5.41) is 39.8. The largest absolute Gasteiger partial charge is 0.478 e. The van der Waals surface area contributed by atoms with Gasteiger partial charge in [-0.2, -0.15) is 20.4 Å². The maximum atomic E-state index is 11.8. The highest BCUT2D eigenvalue weighted by Crippen LogP contribution is 2.23. The molecule has 5 rings (SSSR count). The monoisotopic (exact) mass is 951 g/mol. The van der Waals surface area contributed by atoms with Gasteiger partial charge in [0.1, 0.15) is 5.60 Å². The van der Waals surface area contributed by atoms with Crippen molar-refractivity contribution in [1.29, 1.82) is 10.8 Å². The Morgan fingerprint density at radius 3 is 1.64 bits per heavy atom. The number of nitrogens with two attached hydrogens (primary N) is 1. The van der Waals surface area contributed by atoms with E-state index < -0.39 is 11.6 Å². The molecule has 3 aliphatic rings. The maximum absolute atomic E-state index is 11.8. The highest BCUT2D eigenvalue weighted by Gasteiger charge is 2.26. The number of aliphatic carboxylic acids is 1. The second-order valence-electron chi connectivity index (χ2n) is 17.0. The molecule has 3 aliphatic heterocycles. The van der Waals surface area contributed by atoms with Gasteiger partial charge in [-0.1, -0.05) is 7.43 Å². The smallest absolute Gasteiger partial charge is 0.410 e. The van der Waals surface area contributed by atoms with E-state index in [0.29, 0.717) is 36.2 Å². The fourth-order valence-electron chi connectivity index (χ4n) is 6.84. The average molecular weight is 952 g/mol. The molecule has 370 valence electrons. The molecule has 67 heavy (non-hydrogen) atoms. The normalized spacial score (nSPS) is 15.9. The van der Waals surface area contributed by atoms with Gasteiger partial charge in [0.15, 0.2) is 11.6 Å². The van der Waals surface area contributed by atoms with Crippen LogP contribution in [-0.2, 0) is 23.9 Å². The number of carbonyl (C=O) groups excluding carboxylic acids is 4. The molecule has 6 N–H and O–H groups in total. The first kappa shape index (κ1) is 61.2. The van der Waals surface area contributed by atoms with Crippen LogP contribution in [0.3, 0.4) is 0 Å². The molecule has 0 atom stereocenters. The molecule has 0 saturated carbocycles. The van der Waals surface area contributed by atoms with Crippen LogP contribution in [0.1, 0.15) is 110 Å². The van der Waals surface area contributed by atoms with Crippen molar-refractivity contribution in [3.63, 3.8) is 0 Å². The molecule has 2 amide bonds. The van der Waals surface area contributed by atoms with E-state index in [-0.39, 0.29) is 43.4 Å². The zero-order valence-electron chi connectivity index (χ0n) is 39.0. The van der Waals surface area contributed by atoms with Gasteiger partial charge < -0.3 is 41.5 Å². The van der Waals surface area contributed by atoms with E-state index in [2.05, 4.69) is 25.7 Å². The van der Waals surface area contributed by atoms with E-state index in [0.717, 1.165) is 114 Å². The topological polar surface area (TPSA) is 259 Å². The Bertz CT molecular complexity index is 1880. The Kier molecular flexibility index (Phi) is 32.4. The third kappa shape index (κ3) is 29.5. The minimum absolute atomic E-state index is 0. The van der Waals surface area contributed by atoms with Crippen molar-refractivity contribution in [2.75, 3.05) is 45.8 Å². The number of carboxylic acid groups (broad SMARTS) is 1. The molecule has 0 spiro atoms. The van der Waals surface area contributed by atoms with Crippen LogP contribution in [0.5, 0.6) is 0 Å². The van der Waals surface area contributed by atoms with Gasteiger partial charge >= 0.3 is 12.1 Å². The molecule has 18 heteroatoms. The van der Waals surface area contributed by atoms with E-state index in [1.54, 1.807) is 60.9 Å². The van der Waals surface area contributed by atoms with Crippen molar-refractivity contribution in [2.24, 2.45) is 23.5 Å². The standard InChI is InChI=1S/C16H21N3O2.C14H19N3O.C11H22N2O2.C7H8N2O2.CH4.ClH/c1-13(20)19-10-7-14(8-11-19)2-4-16(21)5-3-15-6-9-17-18-12-15;18-14(3-1-12-5-8-15-9-6-12)4-2-13-7-10-16-17-11-13;1-11(2,3)15-10(14)13-6-4-9(8-12)5-7-13;8-4-3-6(5-9)1-2-7(10)11;;/h3,5-6,9,12,14H,2,4,7-8,10-11H2,1H3;2,4,7,10-12,15H,1,3,5-6,8-9H2;9H,4-8,12H2,1-3H3;1-5,8-9H,(H,10,11);1H4;1H/b5-3+;4-2+;;2-1+,6-3-,8-4?,9-5?;;. The number of piperidine rings is 3. The van der Waals surface area contributed by atoms with Crippen LogP contribution < -0.4 is 11.1 Å². The zero-order chi connectivity index (χ0) is 47.9. The first-order valence-corrected chi connectivity index (χ1v) is 22.3. The van der Waals surface area contributed by atoms with Gasteiger partial charge in [0.2, 0.25) is 5.91 Å². The lowest BCUT2D eigenvalue weighted by Gasteiger charge is -2.32. The number of aromatic nitrogens is 4. The Morgan fingerprint density at radius 1 is 0.761 bits per heavy atom. The Hall–Kier alpha value is -5.78. The van der Waals surface area contributed by atoms with Crippen LogP contribution in [0, 0.1) is 28.6 Å². The molecule has 2 aromatic heterocycles. The summed E-state index contributed by atoms with van der Waals surface area (Å²) in [6.45, 7) is 13.4. The molecule has 0 radical (unpaired) electrons. The summed E-state index contributed by atoms with van der Waals surface area (Å²) in [6, 6.07) is 3.65. The van der Waals surface area contributed by atoms with E-state index in [9.17, 15) is 24.0 Å². The number of ether oxygens (including phenoxy) is 1. The maximum Gasteiger partial charge on any atom is 0.410 e. The molecular weight excluding hydrogens is 876 g/mol. The SMILES string of the molecule is C.CC(=O)N1CCC(CCC(=O)/C=C/c2ccnnc2)CC1.CC(C)(C)OC(=O)N1CCC(CN)CC1.Cl.N=C/C=C(C=N)/C=C/C(=O)O.O=C(/C=C/c1ccnnc1)CCC1CCNCC1. The number of halogens is 1. The summed E-state index contributed by atoms with van der Waals surface area (Å²) in [6.07, 6.45) is 28.2. The minimum atomic E-state index is -1.07.